The summed E-state index contributed by atoms with van der Waals surface area (Å²) in [4.78, 5) is 17.1. The van der Waals surface area contributed by atoms with Crippen molar-refractivity contribution in [1.82, 2.24) is 29.7 Å². The average Bonchev–Trinajstić information content (AvgIpc) is 3.53. The van der Waals surface area contributed by atoms with Gasteiger partial charge in [-0.1, -0.05) is 103 Å². The van der Waals surface area contributed by atoms with Crippen molar-refractivity contribution in [3.05, 3.63) is 35.9 Å². The van der Waals surface area contributed by atoms with Crippen LogP contribution in [0.4, 0.5) is 0 Å². The van der Waals surface area contributed by atoms with Crippen molar-refractivity contribution < 1.29 is 4.79 Å². The van der Waals surface area contributed by atoms with E-state index in [9.17, 15) is 4.79 Å². The molecule has 0 saturated carbocycles. The average molecular weight is 523 g/mol. The molecule has 0 aliphatic heterocycles. The van der Waals surface area contributed by atoms with Crippen LogP contribution in [0.2, 0.25) is 0 Å². The number of fused-ring (bicyclic) bond motifs is 1. The molecule has 1 amide bonds. The standard InChI is InChI=1S/C31H50N6O/c1-4-6-7-8-9-10-11-12-13-14-15-16-17-18-19-20-22-33-31(38)28-24-30-32-23-21-29(37(30)35-28)27-25-34-36(5-2)26(27)3/h21,23-25H,4-20,22H2,1-3H3,(H,33,38). The molecule has 0 unspecified atom stereocenters. The molecule has 0 radical (unpaired) electrons. The van der Waals surface area contributed by atoms with Crippen LogP contribution in [0.3, 0.4) is 0 Å². The maximum Gasteiger partial charge on any atom is 0.271 e. The molecule has 0 aliphatic carbocycles. The summed E-state index contributed by atoms with van der Waals surface area (Å²) in [6.45, 7) is 7.90. The zero-order chi connectivity index (χ0) is 27.0. The molecule has 38 heavy (non-hydrogen) atoms. The summed E-state index contributed by atoms with van der Waals surface area (Å²) in [5.41, 5.74) is 4.04. The first kappa shape index (κ1) is 29.9. The maximum atomic E-state index is 12.7. The van der Waals surface area contributed by atoms with Gasteiger partial charge in [0.15, 0.2) is 11.3 Å². The van der Waals surface area contributed by atoms with E-state index in [-0.39, 0.29) is 5.91 Å². The zero-order valence-electron chi connectivity index (χ0n) is 24.2. The number of nitrogens with one attached hydrogen (secondary N) is 1. The lowest BCUT2D eigenvalue weighted by atomic mass is 10.0. The Kier molecular flexibility index (Phi) is 13.4. The lowest BCUT2D eigenvalue weighted by Crippen LogP contribution is -2.24. The van der Waals surface area contributed by atoms with E-state index < -0.39 is 0 Å². The van der Waals surface area contributed by atoms with Gasteiger partial charge in [0.25, 0.3) is 5.91 Å². The van der Waals surface area contributed by atoms with Crippen LogP contribution < -0.4 is 5.32 Å². The lowest BCUT2D eigenvalue weighted by Gasteiger charge is -2.05. The van der Waals surface area contributed by atoms with E-state index in [2.05, 4.69) is 34.3 Å². The maximum absolute atomic E-state index is 12.7. The third-order valence-corrected chi connectivity index (χ3v) is 7.59. The SMILES string of the molecule is CCCCCCCCCCCCCCCCCCNC(=O)c1cc2nccc(-c3cnn(CC)c3C)n2n1. The highest BCUT2D eigenvalue weighted by Gasteiger charge is 2.16. The Morgan fingerprint density at radius 1 is 0.842 bits per heavy atom. The summed E-state index contributed by atoms with van der Waals surface area (Å²) in [7, 11) is 0. The molecule has 7 nitrogen and oxygen atoms in total. The normalized spacial score (nSPS) is 11.4. The third kappa shape index (κ3) is 9.25. The number of unbranched alkanes of at least 4 members (excludes halogenated alkanes) is 15. The molecule has 0 aliphatic rings. The number of nitrogens with zero attached hydrogens (tertiary/aromatic N) is 5. The Morgan fingerprint density at radius 2 is 1.42 bits per heavy atom. The number of carbonyl (C=O) groups is 1. The van der Waals surface area contributed by atoms with Gasteiger partial charge in [-0.25, -0.2) is 9.50 Å². The highest BCUT2D eigenvalue weighted by Crippen LogP contribution is 2.23. The molecule has 0 fully saturated rings. The Hall–Kier alpha value is -2.70. The Morgan fingerprint density at radius 3 is 1.97 bits per heavy atom. The lowest BCUT2D eigenvalue weighted by molar-refractivity contribution is 0.0947. The van der Waals surface area contributed by atoms with Crippen molar-refractivity contribution in [2.45, 2.75) is 130 Å². The van der Waals surface area contributed by atoms with E-state index >= 15 is 0 Å². The van der Waals surface area contributed by atoms with Crippen molar-refractivity contribution in [2.24, 2.45) is 0 Å². The molecule has 0 aromatic carbocycles. The Bertz CT molecular complexity index is 1090. The van der Waals surface area contributed by atoms with Gasteiger partial charge in [0, 0.05) is 36.6 Å². The van der Waals surface area contributed by atoms with Crippen LogP contribution in [0.25, 0.3) is 16.9 Å². The predicted octanol–water partition coefficient (Wildman–Crippen LogP) is 7.91. The molecule has 7 heteroatoms. The molecule has 3 aromatic heterocycles. The van der Waals surface area contributed by atoms with Crippen LogP contribution in [0.1, 0.15) is 133 Å². The summed E-state index contributed by atoms with van der Waals surface area (Å²) in [6, 6.07) is 3.67. The summed E-state index contributed by atoms with van der Waals surface area (Å²) in [5.74, 6) is -0.136. The van der Waals surface area contributed by atoms with E-state index in [1.165, 1.54) is 89.9 Å². The Balaban J connectivity index is 1.25. The summed E-state index contributed by atoms with van der Waals surface area (Å²) >= 11 is 0. The highest BCUT2D eigenvalue weighted by molar-refractivity contribution is 5.93. The smallest absolute Gasteiger partial charge is 0.271 e. The monoisotopic (exact) mass is 522 g/mol. The number of carbonyl (C=O) groups excluding carboxylic acids is 1. The number of amides is 1. The first-order valence-electron chi connectivity index (χ1n) is 15.3. The minimum atomic E-state index is -0.136. The van der Waals surface area contributed by atoms with Crippen molar-refractivity contribution in [3.63, 3.8) is 0 Å². The number of aryl methyl sites for hydroxylation is 1. The van der Waals surface area contributed by atoms with Crippen molar-refractivity contribution in [3.8, 4) is 11.3 Å². The van der Waals surface area contributed by atoms with E-state index in [1.807, 2.05) is 23.9 Å². The van der Waals surface area contributed by atoms with Gasteiger partial charge in [-0.2, -0.15) is 10.2 Å². The fourth-order valence-electron chi connectivity index (χ4n) is 5.19. The van der Waals surface area contributed by atoms with E-state index in [0.29, 0.717) is 17.9 Å². The van der Waals surface area contributed by atoms with Crippen molar-refractivity contribution in [1.29, 1.82) is 0 Å². The van der Waals surface area contributed by atoms with Crippen molar-refractivity contribution >= 4 is 11.6 Å². The number of hydrogen-bond acceptors (Lipinski definition) is 4. The number of rotatable bonds is 20. The predicted molar refractivity (Wildman–Crippen MR) is 156 cm³/mol. The fraction of sp³-hybridized carbons (Fsp3) is 0.677. The van der Waals surface area contributed by atoms with E-state index in [1.54, 1.807) is 16.8 Å². The van der Waals surface area contributed by atoms with Gasteiger partial charge in [-0.3, -0.25) is 9.48 Å². The van der Waals surface area contributed by atoms with Crippen LogP contribution in [0, 0.1) is 6.92 Å². The van der Waals surface area contributed by atoms with Gasteiger partial charge < -0.3 is 5.32 Å². The molecular weight excluding hydrogens is 472 g/mol. The van der Waals surface area contributed by atoms with Gasteiger partial charge in [-0.05, 0) is 26.3 Å². The largest absolute Gasteiger partial charge is 0.351 e. The molecule has 3 heterocycles. The van der Waals surface area contributed by atoms with Crippen LogP contribution in [0.15, 0.2) is 24.5 Å². The van der Waals surface area contributed by atoms with Crippen LogP contribution in [-0.4, -0.2) is 36.8 Å². The van der Waals surface area contributed by atoms with E-state index in [4.69, 9.17) is 0 Å². The van der Waals surface area contributed by atoms with Crippen molar-refractivity contribution in [2.75, 3.05) is 6.54 Å². The molecule has 0 atom stereocenters. The first-order valence-corrected chi connectivity index (χ1v) is 15.3. The summed E-state index contributed by atoms with van der Waals surface area (Å²) < 4.78 is 3.70. The minimum absolute atomic E-state index is 0.136. The van der Waals surface area contributed by atoms with Crippen LogP contribution in [0.5, 0.6) is 0 Å². The van der Waals surface area contributed by atoms with Crippen LogP contribution >= 0.6 is 0 Å². The molecule has 0 spiro atoms. The zero-order valence-corrected chi connectivity index (χ0v) is 24.2. The first-order chi connectivity index (χ1) is 18.7. The molecule has 210 valence electrons. The van der Waals surface area contributed by atoms with E-state index in [0.717, 1.165) is 36.3 Å². The number of hydrogen-bond donors (Lipinski definition) is 1. The van der Waals surface area contributed by atoms with Gasteiger partial charge in [0.05, 0.1) is 11.9 Å². The second-order valence-electron chi connectivity index (χ2n) is 10.6. The second-order valence-corrected chi connectivity index (χ2v) is 10.6. The van der Waals surface area contributed by atoms with Crippen LogP contribution in [-0.2, 0) is 6.54 Å². The van der Waals surface area contributed by atoms with Gasteiger partial charge in [0.2, 0.25) is 0 Å². The molecule has 3 aromatic rings. The molecule has 3 rings (SSSR count). The third-order valence-electron chi connectivity index (χ3n) is 7.59. The minimum Gasteiger partial charge on any atom is -0.351 e. The quantitative estimate of drug-likeness (QED) is 0.153. The summed E-state index contributed by atoms with van der Waals surface area (Å²) in [6.07, 6.45) is 25.2. The second kappa shape index (κ2) is 17.0. The Labute approximate surface area is 229 Å². The molecule has 0 bridgehead atoms. The summed E-state index contributed by atoms with van der Waals surface area (Å²) in [5, 5.41) is 12.0. The topological polar surface area (TPSA) is 77.1 Å². The highest BCUT2D eigenvalue weighted by atomic mass is 16.1. The molecular formula is C31H50N6O. The van der Waals surface area contributed by atoms with Gasteiger partial charge in [-0.15, -0.1) is 0 Å². The van der Waals surface area contributed by atoms with Gasteiger partial charge in [0.1, 0.15) is 0 Å². The molecule has 0 saturated heterocycles. The fourth-order valence-corrected chi connectivity index (χ4v) is 5.19. The molecule has 1 N–H and O–H groups in total. The number of aromatic nitrogens is 5. The van der Waals surface area contributed by atoms with Gasteiger partial charge >= 0.3 is 0 Å².